The van der Waals surface area contributed by atoms with Crippen LogP contribution < -0.4 is 0 Å². The van der Waals surface area contributed by atoms with Gasteiger partial charge in [-0.2, -0.15) is 0 Å². The molecule has 0 rings (SSSR count). The fourth-order valence-corrected chi connectivity index (χ4v) is 0.887. The first-order valence-electron chi connectivity index (χ1n) is 4.46. The SMILES string of the molecule is C=CC(=C/C)/N=C(\C=C)C(C)(C)C. The van der Waals surface area contributed by atoms with E-state index >= 15 is 0 Å². The van der Waals surface area contributed by atoms with Crippen LogP contribution >= 0.6 is 0 Å². The lowest BCUT2D eigenvalue weighted by Crippen LogP contribution is -2.17. The molecular weight excluding hydrogens is 158 g/mol. The average molecular weight is 177 g/mol. The van der Waals surface area contributed by atoms with E-state index in [9.17, 15) is 0 Å². The van der Waals surface area contributed by atoms with Crippen LogP contribution in [0.25, 0.3) is 0 Å². The van der Waals surface area contributed by atoms with E-state index in [-0.39, 0.29) is 5.41 Å². The summed E-state index contributed by atoms with van der Waals surface area (Å²) in [6.45, 7) is 15.7. The van der Waals surface area contributed by atoms with E-state index in [0.29, 0.717) is 0 Å². The number of allylic oxidation sites excluding steroid dienone is 3. The highest BCUT2D eigenvalue weighted by atomic mass is 14.8. The summed E-state index contributed by atoms with van der Waals surface area (Å²) in [5.74, 6) is 0. The van der Waals surface area contributed by atoms with Crippen LogP contribution in [0.5, 0.6) is 0 Å². The summed E-state index contributed by atoms with van der Waals surface area (Å²) in [7, 11) is 0. The minimum absolute atomic E-state index is 0.0407. The first-order valence-corrected chi connectivity index (χ1v) is 4.46. The molecule has 1 heteroatoms. The number of nitrogens with zero attached hydrogens (tertiary/aromatic N) is 1. The quantitative estimate of drug-likeness (QED) is 0.460. The summed E-state index contributed by atoms with van der Waals surface area (Å²) in [6.07, 6.45) is 5.48. The highest BCUT2D eigenvalue weighted by Crippen LogP contribution is 2.18. The molecule has 0 aromatic heterocycles. The van der Waals surface area contributed by atoms with Gasteiger partial charge in [0.05, 0.1) is 5.70 Å². The van der Waals surface area contributed by atoms with Gasteiger partial charge in [-0.25, -0.2) is 0 Å². The Labute approximate surface area is 81.6 Å². The fourth-order valence-electron chi connectivity index (χ4n) is 0.887. The van der Waals surface area contributed by atoms with Gasteiger partial charge < -0.3 is 0 Å². The molecule has 0 radical (unpaired) electrons. The van der Waals surface area contributed by atoms with E-state index in [4.69, 9.17) is 0 Å². The molecule has 13 heavy (non-hydrogen) atoms. The van der Waals surface area contributed by atoms with Gasteiger partial charge >= 0.3 is 0 Å². The summed E-state index contributed by atoms with van der Waals surface area (Å²) in [5, 5.41) is 0. The number of aliphatic imine (C=N–C) groups is 1. The molecule has 0 aliphatic rings. The predicted octanol–water partition coefficient (Wildman–Crippen LogP) is 3.75. The van der Waals surface area contributed by atoms with E-state index in [2.05, 4.69) is 38.9 Å². The lowest BCUT2D eigenvalue weighted by atomic mass is 9.90. The molecule has 0 spiro atoms. The molecule has 0 aliphatic heterocycles. The van der Waals surface area contributed by atoms with E-state index in [1.54, 1.807) is 12.2 Å². The normalized spacial score (nSPS) is 14.2. The van der Waals surface area contributed by atoms with Crippen LogP contribution in [0.2, 0.25) is 0 Å². The maximum absolute atomic E-state index is 4.44. The van der Waals surface area contributed by atoms with Crippen molar-refractivity contribution in [3.8, 4) is 0 Å². The zero-order valence-corrected chi connectivity index (χ0v) is 9.09. The topological polar surface area (TPSA) is 12.4 Å². The zero-order valence-electron chi connectivity index (χ0n) is 9.09. The van der Waals surface area contributed by atoms with Crippen molar-refractivity contribution in [2.45, 2.75) is 27.7 Å². The largest absolute Gasteiger partial charge is 0.253 e. The molecule has 0 heterocycles. The molecule has 1 nitrogen and oxygen atoms in total. The van der Waals surface area contributed by atoms with Crippen LogP contribution in [0.15, 0.2) is 42.1 Å². The van der Waals surface area contributed by atoms with Crippen molar-refractivity contribution in [2.75, 3.05) is 0 Å². The third-order valence-corrected chi connectivity index (χ3v) is 1.72. The second-order valence-electron chi connectivity index (χ2n) is 3.87. The summed E-state index contributed by atoms with van der Waals surface area (Å²) >= 11 is 0. The molecule has 0 bridgehead atoms. The first-order chi connectivity index (χ1) is 5.95. The molecule has 0 unspecified atom stereocenters. The molecule has 0 fully saturated rings. The van der Waals surface area contributed by atoms with E-state index in [0.717, 1.165) is 11.4 Å². The minimum Gasteiger partial charge on any atom is -0.253 e. The van der Waals surface area contributed by atoms with Gasteiger partial charge in [0.2, 0.25) is 0 Å². The van der Waals surface area contributed by atoms with Gasteiger partial charge in [0.25, 0.3) is 0 Å². The summed E-state index contributed by atoms with van der Waals surface area (Å²) < 4.78 is 0. The Morgan fingerprint density at radius 1 is 1.15 bits per heavy atom. The molecule has 0 aliphatic carbocycles. The molecule has 0 N–H and O–H groups in total. The Morgan fingerprint density at radius 3 is 1.92 bits per heavy atom. The minimum atomic E-state index is 0.0407. The number of hydrogen-bond acceptors (Lipinski definition) is 1. The predicted molar refractivity (Wildman–Crippen MR) is 61.0 cm³/mol. The number of rotatable bonds is 3. The summed E-state index contributed by atoms with van der Waals surface area (Å²) in [6, 6.07) is 0. The van der Waals surface area contributed by atoms with Crippen molar-refractivity contribution in [3.63, 3.8) is 0 Å². The highest BCUT2D eigenvalue weighted by molar-refractivity contribution is 5.99. The lowest BCUT2D eigenvalue weighted by Gasteiger charge is -2.18. The molecule has 0 aromatic rings. The lowest BCUT2D eigenvalue weighted by molar-refractivity contribution is 0.594. The van der Waals surface area contributed by atoms with Gasteiger partial charge in [0, 0.05) is 11.1 Å². The van der Waals surface area contributed by atoms with Crippen LogP contribution in [0, 0.1) is 5.41 Å². The van der Waals surface area contributed by atoms with Gasteiger partial charge in [0.15, 0.2) is 0 Å². The van der Waals surface area contributed by atoms with Crippen molar-refractivity contribution in [2.24, 2.45) is 10.4 Å². The van der Waals surface area contributed by atoms with Crippen LogP contribution in [-0.2, 0) is 0 Å². The second-order valence-corrected chi connectivity index (χ2v) is 3.87. The Morgan fingerprint density at radius 2 is 1.69 bits per heavy atom. The molecule has 0 atom stereocenters. The van der Waals surface area contributed by atoms with Gasteiger partial charge in [-0.05, 0) is 19.1 Å². The maximum Gasteiger partial charge on any atom is 0.0584 e. The van der Waals surface area contributed by atoms with Crippen LogP contribution in [0.3, 0.4) is 0 Å². The van der Waals surface area contributed by atoms with Gasteiger partial charge in [-0.15, -0.1) is 0 Å². The molecular formula is C12H19N. The Hall–Kier alpha value is -1.11. The second kappa shape index (κ2) is 4.80. The van der Waals surface area contributed by atoms with Crippen molar-refractivity contribution in [3.05, 3.63) is 37.1 Å². The van der Waals surface area contributed by atoms with Gasteiger partial charge in [0.1, 0.15) is 0 Å². The van der Waals surface area contributed by atoms with Crippen LogP contribution in [-0.4, -0.2) is 5.71 Å². The van der Waals surface area contributed by atoms with Crippen molar-refractivity contribution in [1.29, 1.82) is 0 Å². The fraction of sp³-hybridized carbons (Fsp3) is 0.417. The monoisotopic (exact) mass is 177 g/mol. The Kier molecular flexibility index (Phi) is 4.39. The molecule has 72 valence electrons. The third kappa shape index (κ3) is 3.88. The van der Waals surface area contributed by atoms with E-state index < -0.39 is 0 Å². The Bertz CT molecular complexity index is 249. The Balaban J connectivity index is 4.98. The summed E-state index contributed by atoms with van der Waals surface area (Å²) in [4.78, 5) is 4.44. The molecule has 0 saturated heterocycles. The van der Waals surface area contributed by atoms with Crippen molar-refractivity contribution in [1.82, 2.24) is 0 Å². The molecule has 0 amide bonds. The summed E-state index contributed by atoms with van der Waals surface area (Å²) in [5.41, 5.74) is 1.92. The maximum atomic E-state index is 4.44. The standard InChI is InChI=1S/C12H19N/c1-7-10(8-2)13-11(9-3)12(4,5)6/h7-9H,1,3H2,2,4-6H3/b10-8-,13-11+. The third-order valence-electron chi connectivity index (χ3n) is 1.72. The molecule has 0 saturated carbocycles. The highest BCUT2D eigenvalue weighted by Gasteiger charge is 2.15. The smallest absolute Gasteiger partial charge is 0.0584 e. The molecule has 0 aromatic carbocycles. The first kappa shape index (κ1) is 11.9. The van der Waals surface area contributed by atoms with Crippen LogP contribution in [0.4, 0.5) is 0 Å². The van der Waals surface area contributed by atoms with Crippen LogP contribution in [0.1, 0.15) is 27.7 Å². The number of hydrogen-bond donors (Lipinski definition) is 0. The van der Waals surface area contributed by atoms with Gasteiger partial charge in [-0.1, -0.05) is 40.0 Å². The van der Waals surface area contributed by atoms with Crippen molar-refractivity contribution < 1.29 is 0 Å². The van der Waals surface area contributed by atoms with Gasteiger partial charge in [-0.3, -0.25) is 4.99 Å². The van der Waals surface area contributed by atoms with E-state index in [1.165, 1.54) is 0 Å². The average Bonchev–Trinajstić information content (AvgIpc) is 2.04. The van der Waals surface area contributed by atoms with E-state index in [1.807, 2.05) is 13.0 Å². The zero-order chi connectivity index (χ0) is 10.5. The van der Waals surface area contributed by atoms with Crippen molar-refractivity contribution >= 4 is 5.71 Å².